The zero-order chi connectivity index (χ0) is 50.0. The molecule has 18 nitrogen and oxygen atoms in total. The zero-order valence-corrected chi connectivity index (χ0v) is 39.0. The lowest BCUT2D eigenvalue weighted by molar-refractivity contribution is -0.142. The van der Waals surface area contributed by atoms with Gasteiger partial charge in [-0.25, -0.2) is 0 Å². The molecule has 0 aromatic rings. The van der Waals surface area contributed by atoms with Gasteiger partial charge in [0.15, 0.2) is 0 Å². The molecule has 0 aliphatic heterocycles. The Morgan fingerprint density at radius 2 is 0.459 bits per heavy atom. The predicted molar refractivity (Wildman–Crippen MR) is 235 cm³/mol. The van der Waals surface area contributed by atoms with Crippen LogP contribution in [-0.4, -0.2) is 99.7 Å². The lowest BCUT2D eigenvalue weighted by atomic mass is 9.98. The number of rotatable bonds is 24. The third-order valence-electron chi connectivity index (χ3n) is 6.21. The van der Waals surface area contributed by atoms with E-state index in [4.69, 9.17) is 46.0 Å². The fourth-order valence-corrected chi connectivity index (χ4v) is 3.21. The van der Waals surface area contributed by atoms with E-state index in [1.165, 1.54) is 25.7 Å². The van der Waals surface area contributed by atoms with Crippen LogP contribution in [-0.2, 0) is 43.2 Å². The second-order valence-corrected chi connectivity index (χ2v) is 12.8. The lowest BCUT2D eigenvalue weighted by Gasteiger charge is -2.08. The molecule has 0 aromatic heterocycles. The Morgan fingerprint density at radius 3 is 0.557 bits per heavy atom. The Kier molecular flexibility index (Phi) is 88.0. The number of aliphatic carboxylic acids is 9. The molecule has 9 N–H and O–H groups in total. The van der Waals surface area contributed by atoms with Crippen LogP contribution in [0, 0.1) is 5.92 Å². The molecule has 61 heavy (non-hydrogen) atoms. The van der Waals surface area contributed by atoms with Crippen LogP contribution in [0.4, 0.5) is 0 Å². The van der Waals surface area contributed by atoms with Crippen LogP contribution >= 0.6 is 0 Å². The molecule has 0 heterocycles. The van der Waals surface area contributed by atoms with Crippen molar-refractivity contribution in [3.05, 3.63) is 0 Å². The van der Waals surface area contributed by atoms with Gasteiger partial charge in [-0.2, -0.15) is 0 Å². The van der Waals surface area contributed by atoms with E-state index < -0.39 is 53.7 Å². The zero-order valence-electron chi connectivity index (χ0n) is 39.0. The van der Waals surface area contributed by atoms with Crippen LogP contribution in [0.3, 0.4) is 0 Å². The molecule has 0 saturated heterocycles. The SMILES string of the molecule is CCCC(=O)O.CCCC(=O)O.CCCC(=O)O.CCCC(=O)O.CCCC(=O)O.CCCC(=O)O.CCCC(=O)O.CCCC(=O)O.CCCCCCCC(CC)C(=O)O. The third kappa shape index (κ3) is 151. The number of hydrogen-bond acceptors (Lipinski definition) is 9. The van der Waals surface area contributed by atoms with Gasteiger partial charge in [-0.3, -0.25) is 43.2 Å². The van der Waals surface area contributed by atoms with Crippen molar-refractivity contribution in [3.8, 4) is 0 Å². The largest absolute Gasteiger partial charge is 0.481 e. The highest BCUT2D eigenvalue weighted by molar-refractivity contribution is 5.70. The van der Waals surface area contributed by atoms with E-state index in [1.54, 1.807) is 0 Å². The molecule has 0 rings (SSSR count). The van der Waals surface area contributed by atoms with E-state index in [1.807, 2.05) is 62.3 Å². The van der Waals surface area contributed by atoms with E-state index >= 15 is 0 Å². The molecule has 0 radical (unpaired) electrons. The number of carboxylic acid groups (broad SMARTS) is 9. The Labute approximate surface area is 365 Å². The van der Waals surface area contributed by atoms with Crippen molar-refractivity contribution in [2.75, 3.05) is 0 Å². The second kappa shape index (κ2) is 69.8. The van der Waals surface area contributed by atoms with Crippen LogP contribution in [0.25, 0.3) is 0 Å². The minimum atomic E-state index is -0.711. The topological polar surface area (TPSA) is 336 Å². The van der Waals surface area contributed by atoms with Gasteiger partial charge in [-0.15, -0.1) is 0 Å². The normalized spacial score (nSPS) is 9.15. The van der Waals surface area contributed by atoms with Gasteiger partial charge < -0.3 is 46.0 Å². The van der Waals surface area contributed by atoms with E-state index in [0.717, 1.165) is 70.6 Å². The smallest absolute Gasteiger partial charge is 0.306 e. The number of carboxylic acids is 9. The molecule has 0 aromatic carbocycles. The van der Waals surface area contributed by atoms with Gasteiger partial charge in [0.05, 0.1) is 5.92 Å². The molecule has 366 valence electrons. The van der Waals surface area contributed by atoms with Gasteiger partial charge >= 0.3 is 53.7 Å². The van der Waals surface area contributed by atoms with Crippen molar-refractivity contribution in [1.29, 1.82) is 0 Å². The average molecular weight is 891 g/mol. The van der Waals surface area contributed by atoms with Gasteiger partial charge in [0.25, 0.3) is 0 Å². The van der Waals surface area contributed by atoms with Crippen molar-refractivity contribution < 1.29 is 89.1 Å². The molecule has 18 heteroatoms. The monoisotopic (exact) mass is 891 g/mol. The fourth-order valence-electron chi connectivity index (χ4n) is 3.21. The van der Waals surface area contributed by atoms with Crippen molar-refractivity contribution in [2.24, 2.45) is 5.92 Å². The molecule has 0 amide bonds. The lowest BCUT2D eigenvalue weighted by Crippen LogP contribution is -2.12. The molecule has 1 unspecified atom stereocenters. The quantitative estimate of drug-likeness (QED) is 0.0407. The summed E-state index contributed by atoms with van der Waals surface area (Å²) < 4.78 is 0. The molecule has 0 aliphatic carbocycles. The Morgan fingerprint density at radius 1 is 0.279 bits per heavy atom. The predicted octanol–water partition coefficient (Wildman–Crippen LogP) is 10.4. The van der Waals surface area contributed by atoms with Crippen molar-refractivity contribution in [3.63, 3.8) is 0 Å². The molecule has 0 aliphatic rings. The summed E-state index contributed by atoms with van der Waals surface area (Å²) in [6.45, 7) is 18.9. The molecular weight excluding hydrogens is 804 g/mol. The van der Waals surface area contributed by atoms with Crippen molar-refractivity contribution in [2.45, 2.75) is 217 Å². The van der Waals surface area contributed by atoms with Crippen LogP contribution < -0.4 is 0 Å². The first-order valence-electron chi connectivity index (χ1n) is 21.4. The summed E-state index contributed by atoms with van der Waals surface area (Å²) in [5.74, 6) is -6.42. The van der Waals surface area contributed by atoms with Gasteiger partial charge in [-0.1, -0.05) is 101 Å². The second-order valence-electron chi connectivity index (χ2n) is 12.8. The highest BCUT2D eigenvalue weighted by Gasteiger charge is 2.13. The summed E-state index contributed by atoms with van der Waals surface area (Å²) >= 11 is 0. The van der Waals surface area contributed by atoms with Crippen LogP contribution in [0.2, 0.25) is 0 Å². The summed E-state index contributed by atoms with van der Waals surface area (Å²) in [6, 6.07) is 0. The minimum Gasteiger partial charge on any atom is -0.481 e. The summed E-state index contributed by atoms with van der Waals surface area (Å²) in [5.41, 5.74) is 0. The Bertz CT molecular complexity index is 837. The number of hydrogen-bond donors (Lipinski definition) is 9. The molecule has 0 fully saturated rings. The summed E-state index contributed by atoms with van der Waals surface area (Å²) in [4.78, 5) is 87.4. The van der Waals surface area contributed by atoms with Crippen LogP contribution in [0.15, 0.2) is 0 Å². The Balaban J connectivity index is -0.0000000726. The molecule has 0 bridgehead atoms. The third-order valence-corrected chi connectivity index (χ3v) is 6.21. The first-order chi connectivity index (χ1) is 28.4. The van der Waals surface area contributed by atoms with E-state index in [2.05, 4.69) is 6.92 Å². The van der Waals surface area contributed by atoms with Gasteiger partial charge in [0.2, 0.25) is 0 Å². The van der Waals surface area contributed by atoms with Crippen molar-refractivity contribution >= 4 is 53.7 Å². The van der Waals surface area contributed by atoms with E-state index in [-0.39, 0.29) is 5.92 Å². The fraction of sp³-hybridized carbons (Fsp3) is 0.791. The van der Waals surface area contributed by atoms with E-state index in [0.29, 0.717) is 51.4 Å². The maximum absolute atomic E-state index is 10.7. The van der Waals surface area contributed by atoms with Gasteiger partial charge in [0, 0.05) is 51.4 Å². The van der Waals surface area contributed by atoms with Gasteiger partial charge in [0.1, 0.15) is 0 Å². The summed E-state index contributed by atoms with van der Waals surface area (Å²) in [6.07, 6.45) is 15.9. The highest BCUT2D eigenvalue weighted by atomic mass is 16.4. The first-order valence-corrected chi connectivity index (χ1v) is 21.4. The van der Waals surface area contributed by atoms with Gasteiger partial charge in [-0.05, 0) is 64.2 Å². The molecule has 0 spiro atoms. The molecule has 0 saturated carbocycles. The first kappa shape index (κ1) is 76.9. The molecule has 1 atom stereocenters. The highest BCUT2D eigenvalue weighted by Crippen LogP contribution is 2.14. The average Bonchev–Trinajstić information content (AvgIpc) is 3.11. The van der Waals surface area contributed by atoms with Crippen LogP contribution in [0.1, 0.15) is 217 Å². The summed E-state index contributed by atoms with van der Waals surface area (Å²) in [7, 11) is 0. The minimum absolute atomic E-state index is 0.110. The van der Waals surface area contributed by atoms with E-state index in [9.17, 15) is 43.2 Å². The molecular formula is C43H86O18. The number of unbranched alkanes of at least 4 members (excludes halogenated alkanes) is 4. The van der Waals surface area contributed by atoms with Crippen molar-refractivity contribution in [1.82, 2.24) is 0 Å². The standard InChI is InChI=1S/C11H22O2.8C4H8O2/c1-3-5-6-7-8-9-10(4-2)11(12)13;8*1-2-3-4(5)6/h10H,3-9H2,1-2H3,(H,12,13);8*2-3H2,1H3,(H,5,6). The maximum Gasteiger partial charge on any atom is 0.306 e. The van der Waals surface area contributed by atoms with Crippen LogP contribution in [0.5, 0.6) is 0 Å². The maximum atomic E-state index is 10.7. The Hall–Kier alpha value is -4.77. The summed E-state index contributed by atoms with van der Waals surface area (Å²) in [5, 5.41) is 72.1. The number of carbonyl (C=O) groups is 9.